The summed E-state index contributed by atoms with van der Waals surface area (Å²) in [5, 5.41) is 6.03. The topological polar surface area (TPSA) is 107 Å². The Kier molecular flexibility index (Phi) is 2.99. The average Bonchev–Trinajstić information content (AvgIpc) is 2.67. The molecule has 0 aliphatic heterocycles. The molecular formula is C10H11N5O2. The summed E-state index contributed by atoms with van der Waals surface area (Å²) in [5.74, 6) is 0.192. The lowest BCUT2D eigenvalue weighted by Crippen LogP contribution is -2.15. The number of aromatic nitrogens is 3. The Morgan fingerprint density at radius 2 is 2.35 bits per heavy atom. The van der Waals surface area contributed by atoms with Crippen molar-refractivity contribution in [1.29, 1.82) is 0 Å². The van der Waals surface area contributed by atoms with Crippen molar-refractivity contribution in [1.82, 2.24) is 15.1 Å². The first-order valence-corrected chi connectivity index (χ1v) is 4.94. The van der Waals surface area contributed by atoms with E-state index in [1.165, 1.54) is 6.20 Å². The fourth-order valence-corrected chi connectivity index (χ4v) is 1.22. The molecule has 0 saturated heterocycles. The van der Waals surface area contributed by atoms with E-state index in [0.29, 0.717) is 17.2 Å². The van der Waals surface area contributed by atoms with Crippen LogP contribution in [-0.2, 0) is 11.2 Å². The third kappa shape index (κ3) is 3.00. The van der Waals surface area contributed by atoms with Crippen molar-refractivity contribution in [3.8, 4) is 0 Å². The Morgan fingerprint density at radius 3 is 2.94 bits per heavy atom. The molecule has 3 N–H and O–H groups in total. The minimum atomic E-state index is -0.272. The molecular weight excluding hydrogens is 222 g/mol. The van der Waals surface area contributed by atoms with Gasteiger partial charge in [0.15, 0.2) is 5.82 Å². The van der Waals surface area contributed by atoms with Crippen LogP contribution in [0.3, 0.4) is 0 Å². The number of nitrogen functional groups attached to an aromatic ring is 1. The molecule has 0 atom stereocenters. The SMILES string of the molecule is Cc1noc(NC(=O)Cc2ccc(N)cn2)n1. The molecule has 0 saturated carbocycles. The fourth-order valence-electron chi connectivity index (χ4n) is 1.22. The molecule has 0 aliphatic carbocycles. The third-order valence-corrected chi connectivity index (χ3v) is 1.96. The second-order valence-corrected chi connectivity index (χ2v) is 3.45. The Balaban J connectivity index is 1.95. The maximum atomic E-state index is 11.6. The minimum Gasteiger partial charge on any atom is -0.397 e. The number of pyridine rings is 1. The standard InChI is InChI=1S/C10H11N5O2/c1-6-13-10(17-15-6)14-9(16)4-8-3-2-7(11)5-12-8/h2-3,5H,4,11H2,1H3,(H,13,14,15,16). The lowest BCUT2D eigenvalue weighted by Gasteiger charge is -2.00. The first kappa shape index (κ1) is 11.1. The average molecular weight is 233 g/mol. The molecule has 0 unspecified atom stereocenters. The summed E-state index contributed by atoms with van der Waals surface area (Å²) in [6.07, 6.45) is 1.63. The van der Waals surface area contributed by atoms with Gasteiger partial charge in [0.05, 0.1) is 18.3 Å². The summed E-state index contributed by atoms with van der Waals surface area (Å²) in [6.45, 7) is 1.67. The number of hydrogen-bond acceptors (Lipinski definition) is 6. The van der Waals surface area contributed by atoms with Gasteiger partial charge in [0.2, 0.25) is 5.91 Å². The molecule has 0 fully saturated rings. The van der Waals surface area contributed by atoms with Crippen LogP contribution in [0.15, 0.2) is 22.9 Å². The third-order valence-electron chi connectivity index (χ3n) is 1.96. The first-order valence-electron chi connectivity index (χ1n) is 4.94. The Hall–Kier alpha value is -2.44. The minimum absolute atomic E-state index is 0.0861. The van der Waals surface area contributed by atoms with Crippen molar-refractivity contribution >= 4 is 17.6 Å². The highest BCUT2D eigenvalue weighted by Gasteiger charge is 2.09. The molecule has 2 rings (SSSR count). The molecule has 0 radical (unpaired) electrons. The zero-order valence-corrected chi connectivity index (χ0v) is 9.17. The predicted octanol–water partition coefficient (Wildman–Crippen LogP) is 0.536. The number of anilines is 2. The molecule has 88 valence electrons. The van der Waals surface area contributed by atoms with Gasteiger partial charge in [0.25, 0.3) is 0 Å². The largest absolute Gasteiger partial charge is 0.397 e. The number of carbonyl (C=O) groups excluding carboxylic acids is 1. The molecule has 0 bridgehead atoms. The second-order valence-electron chi connectivity index (χ2n) is 3.45. The van der Waals surface area contributed by atoms with Gasteiger partial charge in [-0.05, 0) is 19.1 Å². The lowest BCUT2D eigenvalue weighted by molar-refractivity contribution is -0.115. The number of amides is 1. The van der Waals surface area contributed by atoms with Crippen molar-refractivity contribution in [3.05, 3.63) is 29.8 Å². The van der Waals surface area contributed by atoms with Crippen LogP contribution in [0, 0.1) is 6.92 Å². The van der Waals surface area contributed by atoms with Crippen molar-refractivity contribution in [3.63, 3.8) is 0 Å². The van der Waals surface area contributed by atoms with Gasteiger partial charge in [-0.1, -0.05) is 5.16 Å². The van der Waals surface area contributed by atoms with E-state index in [-0.39, 0.29) is 18.3 Å². The fraction of sp³-hybridized carbons (Fsp3) is 0.200. The molecule has 7 heteroatoms. The van der Waals surface area contributed by atoms with Gasteiger partial charge >= 0.3 is 6.01 Å². The molecule has 2 heterocycles. The summed E-state index contributed by atoms with van der Waals surface area (Å²) < 4.78 is 4.76. The van der Waals surface area contributed by atoms with Crippen LogP contribution in [0.2, 0.25) is 0 Å². The quantitative estimate of drug-likeness (QED) is 0.801. The van der Waals surface area contributed by atoms with Crippen molar-refractivity contribution in [2.24, 2.45) is 0 Å². The van der Waals surface area contributed by atoms with Crippen LogP contribution in [-0.4, -0.2) is 21.0 Å². The first-order chi connectivity index (χ1) is 8.13. The van der Waals surface area contributed by atoms with Crippen molar-refractivity contribution in [2.45, 2.75) is 13.3 Å². The normalized spacial score (nSPS) is 10.2. The van der Waals surface area contributed by atoms with Crippen LogP contribution in [0.25, 0.3) is 0 Å². The number of nitrogens with zero attached hydrogens (tertiary/aromatic N) is 3. The highest BCUT2D eigenvalue weighted by molar-refractivity contribution is 5.89. The van der Waals surface area contributed by atoms with Gasteiger partial charge in [0, 0.05) is 5.69 Å². The number of carbonyl (C=O) groups is 1. The van der Waals surface area contributed by atoms with E-state index < -0.39 is 0 Å². The Morgan fingerprint density at radius 1 is 1.53 bits per heavy atom. The van der Waals surface area contributed by atoms with Gasteiger partial charge in [-0.3, -0.25) is 15.1 Å². The van der Waals surface area contributed by atoms with E-state index in [1.807, 2.05) is 0 Å². The molecule has 2 aromatic rings. The second kappa shape index (κ2) is 4.60. The van der Waals surface area contributed by atoms with E-state index in [0.717, 1.165) is 0 Å². The van der Waals surface area contributed by atoms with Crippen molar-refractivity contribution < 1.29 is 9.32 Å². The number of nitrogens with two attached hydrogens (primary N) is 1. The smallest absolute Gasteiger partial charge is 0.328 e. The van der Waals surface area contributed by atoms with Crippen LogP contribution in [0.4, 0.5) is 11.7 Å². The molecule has 1 amide bonds. The van der Waals surface area contributed by atoms with Crippen LogP contribution in [0.5, 0.6) is 0 Å². The maximum absolute atomic E-state index is 11.6. The number of hydrogen-bond donors (Lipinski definition) is 2. The van der Waals surface area contributed by atoms with E-state index in [9.17, 15) is 4.79 Å². The monoisotopic (exact) mass is 233 g/mol. The highest BCUT2D eigenvalue weighted by Crippen LogP contribution is 2.05. The van der Waals surface area contributed by atoms with Gasteiger partial charge < -0.3 is 10.3 Å². The van der Waals surface area contributed by atoms with Crippen LogP contribution >= 0.6 is 0 Å². The zero-order valence-electron chi connectivity index (χ0n) is 9.17. The molecule has 2 aromatic heterocycles. The summed E-state index contributed by atoms with van der Waals surface area (Å²) in [6, 6.07) is 3.46. The van der Waals surface area contributed by atoms with Gasteiger partial charge in [-0.25, -0.2) is 0 Å². The van der Waals surface area contributed by atoms with Crippen molar-refractivity contribution in [2.75, 3.05) is 11.1 Å². The Bertz CT molecular complexity index is 520. The summed E-state index contributed by atoms with van der Waals surface area (Å²) in [5.41, 5.74) is 6.66. The Labute approximate surface area is 97.0 Å². The van der Waals surface area contributed by atoms with E-state index >= 15 is 0 Å². The highest BCUT2D eigenvalue weighted by atomic mass is 16.5. The molecule has 0 spiro atoms. The van der Waals surface area contributed by atoms with E-state index in [4.69, 9.17) is 10.3 Å². The van der Waals surface area contributed by atoms with Crippen LogP contribution in [0.1, 0.15) is 11.5 Å². The van der Waals surface area contributed by atoms with Gasteiger partial charge in [-0.15, -0.1) is 0 Å². The van der Waals surface area contributed by atoms with Gasteiger partial charge in [0.1, 0.15) is 0 Å². The lowest BCUT2D eigenvalue weighted by atomic mass is 10.2. The summed E-state index contributed by atoms with van der Waals surface area (Å²) >= 11 is 0. The predicted molar refractivity (Wildman–Crippen MR) is 60.0 cm³/mol. The molecule has 7 nitrogen and oxygen atoms in total. The van der Waals surface area contributed by atoms with Gasteiger partial charge in [-0.2, -0.15) is 4.98 Å². The van der Waals surface area contributed by atoms with Crippen LogP contribution < -0.4 is 11.1 Å². The number of nitrogens with one attached hydrogen (secondary N) is 1. The van der Waals surface area contributed by atoms with E-state index in [1.54, 1.807) is 19.1 Å². The number of aryl methyl sites for hydroxylation is 1. The van der Waals surface area contributed by atoms with E-state index in [2.05, 4.69) is 20.4 Å². The number of rotatable bonds is 3. The molecule has 17 heavy (non-hydrogen) atoms. The zero-order chi connectivity index (χ0) is 12.3. The summed E-state index contributed by atoms with van der Waals surface area (Å²) in [7, 11) is 0. The molecule has 0 aromatic carbocycles. The maximum Gasteiger partial charge on any atom is 0.328 e. The summed E-state index contributed by atoms with van der Waals surface area (Å²) in [4.78, 5) is 19.4. The molecule has 0 aliphatic rings.